The molecular formula is C17H20BrFN2. The highest BCUT2D eigenvalue weighted by Gasteiger charge is 2.13. The lowest BCUT2D eigenvalue weighted by atomic mass is 10.0. The van der Waals surface area contributed by atoms with E-state index >= 15 is 0 Å². The van der Waals surface area contributed by atoms with Crippen molar-refractivity contribution in [3.05, 3.63) is 62.9 Å². The number of nitrogens with two attached hydrogens (primary N) is 1. The molecule has 3 N–H and O–H groups in total. The third-order valence-corrected chi connectivity index (χ3v) is 4.87. The maximum atomic E-state index is 13.2. The second-order valence-electron chi connectivity index (χ2n) is 5.36. The van der Waals surface area contributed by atoms with Crippen LogP contribution in [0.25, 0.3) is 0 Å². The van der Waals surface area contributed by atoms with Gasteiger partial charge in [0.05, 0.1) is 6.04 Å². The third kappa shape index (κ3) is 3.63. The van der Waals surface area contributed by atoms with Gasteiger partial charge in [-0.2, -0.15) is 0 Å². The fraction of sp³-hybridized carbons (Fsp3) is 0.294. The zero-order valence-corrected chi connectivity index (χ0v) is 14.1. The molecule has 0 aromatic heterocycles. The van der Waals surface area contributed by atoms with E-state index in [1.807, 2.05) is 6.92 Å². The van der Waals surface area contributed by atoms with Gasteiger partial charge in [0.25, 0.3) is 0 Å². The molecule has 0 radical (unpaired) electrons. The Labute approximate surface area is 133 Å². The average Bonchev–Trinajstić information content (AvgIpc) is 2.42. The van der Waals surface area contributed by atoms with E-state index < -0.39 is 0 Å². The fourth-order valence-corrected chi connectivity index (χ4v) is 2.75. The van der Waals surface area contributed by atoms with Gasteiger partial charge in [0.1, 0.15) is 5.82 Å². The summed E-state index contributed by atoms with van der Waals surface area (Å²) in [5, 5.41) is 3.45. The van der Waals surface area contributed by atoms with Crippen molar-refractivity contribution in [3.8, 4) is 0 Å². The molecule has 0 spiro atoms. The number of aryl methyl sites for hydroxylation is 3. The molecule has 4 heteroatoms. The molecule has 2 nitrogen and oxygen atoms in total. The van der Waals surface area contributed by atoms with Crippen molar-refractivity contribution in [1.29, 1.82) is 0 Å². The van der Waals surface area contributed by atoms with Gasteiger partial charge in [-0.3, -0.25) is 0 Å². The van der Waals surface area contributed by atoms with Gasteiger partial charge >= 0.3 is 0 Å². The molecule has 0 heterocycles. The topological polar surface area (TPSA) is 38.0 Å². The molecular weight excluding hydrogens is 331 g/mol. The van der Waals surface area contributed by atoms with Gasteiger partial charge in [-0.25, -0.2) is 4.39 Å². The normalized spacial score (nSPS) is 12.3. The van der Waals surface area contributed by atoms with Crippen LogP contribution in [0.5, 0.6) is 0 Å². The molecule has 0 bridgehead atoms. The van der Waals surface area contributed by atoms with Gasteiger partial charge in [-0.1, -0.05) is 22.0 Å². The fourth-order valence-electron chi connectivity index (χ4n) is 2.52. The molecule has 0 aliphatic rings. The summed E-state index contributed by atoms with van der Waals surface area (Å²) in [5.41, 5.74) is 11.2. The summed E-state index contributed by atoms with van der Waals surface area (Å²) in [6.07, 6.45) is 0. The lowest BCUT2D eigenvalue weighted by molar-refractivity contribution is 0.624. The van der Waals surface area contributed by atoms with Crippen molar-refractivity contribution in [2.45, 2.75) is 26.8 Å². The van der Waals surface area contributed by atoms with Crippen LogP contribution in [0.15, 0.2) is 34.8 Å². The van der Waals surface area contributed by atoms with E-state index in [0.717, 1.165) is 21.3 Å². The van der Waals surface area contributed by atoms with Crippen molar-refractivity contribution in [2.24, 2.45) is 5.73 Å². The largest absolute Gasteiger partial charge is 0.377 e. The first kappa shape index (κ1) is 16.0. The number of anilines is 1. The predicted molar refractivity (Wildman–Crippen MR) is 90.2 cm³/mol. The van der Waals surface area contributed by atoms with Crippen LogP contribution in [-0.2, 0) is 0 Å². The van der Waals surface area contributed by atoms with Crippen molar-refractivity contribution >= 4 is 21.6 Å². The Hall–Kier alpha value is -1.39. The summed E-state index contributed by atoms with van der Waals surface area (Å²) in [6, 6.07) is 8.94. The highest BCUT2D eigenvalue weighted by molar-refractivity contribution is 9.10. The second-order valence-corrected chi connectivity index (χ2v) is 6.15. The maximum Gasteiger partial charge on any atom is 0.123 e. The van der Waals surface area contributed by atoms with E-state index in [1.54, 1.807) is 6.07 Å². The molecule has 2 aromatic rings. The highest BCUT2D eigenvalue weighted by atomic mass is 79.9. The van der Waals surface area contributed by atoms with Gasteiger partial charge in [-0.15, -0.1) is 0 Å². The average molecular weight is 351 g/mol. The zero-order chi connectivity index (χ0) is 15.6. The Morgan fingerprint density at radius 1 is 1.10 bits per heavy atom. The summed E-state index contributed by atoms with van der Waals surface area (Å²) >= 11 is 3.57. The van der Waals surface area contributed by atoms with E-state index in [0.29, 0.717) is 6.54 Å². The zero-order valence-electron chi connectivity index (χ0n) is 12.5. The summed E-state index contributed by atoms with van der Waals surface area (Å²) in [7, 11) is 0. The predicted octanol–water partition coefficient (Wildman–Crippen LogP) is 4.63. The van der Waals surface area contributed by atoms with Crippen LogP contribution in [0.1, 0.15) is 28.3 Å². The summed E-state index contributed by atoms with van der Waals surface area (Å²) in [6.45, 7) is 6.47. The standard InChI is InChI=1S/C17H20BrFN2/c1-10-6-13(19)4-5-15(10)16(9-20)21-14-7-11(2)17(18)12(3)8-14/h4-8,16,21H,9,20H2,1-3H3. The molecule has 0 aliphatic heterocycles. The molecule has 2 aromatic carbocycles. The third-order valence-electron chi connectivity index (χ3n) is 3.62. The number of rotatable bonds is 4. The van der Waals surface area contributed by atoms with Gasteiger partial charge in [0.15, 0.2) is 0 Å². The number of hydrogen-bond donors (Lipinski definition) is 2. The molecule has 1 atom stereocenters. The first-order valence-electron chi connectivity index (χ1n) is 6.91. The highest BCUT2D eigenvalue weighted by Crippen LogP contribution is 2.28. The van der Waals surface area contributed by atoms with Gasteiger partial charge in [-0.05, 0) is 67.3 Å². The lowest BCUT2D eigenvalue weighted by Gasteiger charge is -2.21. The van der Waals surface area contributed by atoms with Crippen LogP contribution >= 0.6 is 15.9 Å². The van der Waals surface area contributed by atoms with E-state index in [-0.39, 0.29) is 11.9 Å². The van der Waals surface area contributed by atoms with Gasteiger partial charge < -0.3 is 11.1 Å². The van der Waals surface area contributed by atoms with Gasteiger partial charge in [0.2, 0.25) is 0 Å². The van der Waals surface area contributed by atoms with Crippen LogP contribution in [0.3, 0.4) is 0 Å². The molecule has 0 fully saturated rings. The van der Waals surface area contributed by atoms with Crippen molar-refractivity contribution < 1.29 is 4.39 Å². The number of benzene rings is 2. The number of hydrogen-bond acceptors (Lipinski definition) is 2. The van der Waals surface area contributed by atoms with Crippen LogP contribution in [0.2, 0.25) is 0 Å². The van der Waals surface area contributed by atoms with E-state index in [2.05, 4.69) is 47.2 Å². The minimum atomic E-state index is -0.220. The number of nitrogens with one attached hydrogen (secondary N) is 1. The van der Waals surface area contributed by atoms with Crippen molar-refractivity contribution in [3.63, 3.8) is 0 Å². The Morgan fingerprint density at radius 3 is 2.24 bits per heavy atom. The molecule has 0 amide bonds. The van der Waals surface area contributed by atoms with Gasteiger partial charge in [0, 0.05) is 16.7 Å². The van der Waals surface area contributed by atoms with E-state index in [1.165, 1.54) is 23.3 Å². The summed E-state index contributed by atoms with van der Waals surface area (Å²) in [5.74, 6) is -0.220. The smallest absolute Gasteiger partial charge is 0.123 e. The van der Waals surface area contributed by atoms with Crippen LogP contribution in [0, 0.1) is 26.6 Å². The first-order chi connectivity index (χ1) is 9.92. The molecule has 1 unspecified atom stereocenters. The molecule has 2 rings (SSSR count). The SMILES string of the molecule is Cc1cc(F)ccc1C(CN)Nc1cc(C)c(Br)c(C)c1. The quantitative estimate of drug-likeness (QED) is 0.843. The van der Waals surface area contributed by atoms with Crippen molar-refractivity contribution in [1.82, 2.24) is 0 Å². The van der Waals surface area contributed by atoms with Crippen molar-refractivity contribution in [2.75, 3.05) is 11.9 Å². The van der Waals surface area contributed by atoms with Crippen LogP contribution in [-0.4, -0.2) is 6.54 Å². The Balaban J connectivity index is 2.31. The summed E-state index contributed by atoms with van der Waals surface area (Å²) < 4.78 is 14.4. The van der Waals surface area contributed by atoms with E-state index in [9.17, 15) is 4.39 Å². The first-order valence-corrected chi connectivity index (χ1v) is 7.71. The monoisotopic (exact) mass is 350 g/mol. The molecule has 0 aliphatic carbocycles. The minimum Gasteiger partial charge on any atom is -0.377 e. The summed E-state index contributed by atoms with van der Waals surface area (Å²) in [4.78, 5) is 0. The number of halogens is 2. The Morgan fingerprint density at radius 2 is 1.71 bits per heavy atom. The molecule has 0 saturated carbocycles. The molecule has 0 saturated heterocycles. The van der Waals surface area contributed by atoms with Crippen LogP contribution in [0.4, 0.5) is 10.1 Å². The maximum absolute atomic E-state index is 13.2. The molecule has 21 heavy (non-hydrogen) atoms. The Bertz CT molecular complexity index is 632. The Kier molecular flexibility index (Phi) is 5.01. The van der Waals surface area contributed by atoms with Crippen LogP contribution < -0.4 is 11.1 Å². The van der Waals surface area contributed by atoms with E-state index in [4.69, 9.17) is 5.73 Å². The lowest BCUT2D eigenvalue weighted by Crippen LogP contribution is -2.21. The minimum absolute atomic E-state index is 0.0365. The molecule has 112 valence electrons. The second kappa shape index (κ2) is 6.58.